The van der Waals surface area contributed by atoms with Gasteiger partial charge in [0.05, 0.1) is 5.71 Å². The van der Waals surface area contributed by atoms with Crippen molar-refractivity contribution in [3.8, 4) is 0 Å². The molecule has 16 heavy (non-hydrogen) atoms. The zero-order valence-corrected chi connectivity index (χ0v) is 9.78. The zero-order valence-electron chi connectivity index (χ0n) is 9.03. The summed E-state index contributed by atoms with van der Waals surface area (Å²) in [4.78, 5) is 5.51. The smallest absolute Gasteiger partial charge is 0.136 e. The molecule has 1 heterocycles. The fraction of sp³-hybridized carbons (Fsp3) is 0.462. The number of fused-ring (bicyclic) bond motifs is 1. The van der Waals surface area contributed by atoms with Gasteiger partial charge in [-0.3, -0.25) is 0 Å². The van der Waals surface area contributed by atoms with Crippen LogP contribution in [0.25, 0.3) is 0 Å². The van der Waals surface area contributed by atoms with Crippen molar-refractivity contribution in [1.29, 1.82) is 0 Å². The van der Waals surface area contributed by atoms with Crippen LogP contribution in [-0.4, -0.2) is 11.8 Å². The lowest BCUT2D eigenvalue weighted by Gasteiger charge is -2.23. The topological polar surface area (TPSA) is 21.6 Å². The van der Waals surface area contributed by atoms with Gasteiger partial charge in [-0.25, -0.2) is 0 Å². The van der Waals surface area contributed by atoms with E-state index in [4.69, 9.17) is 16.4 Å². The first-order chi connectivity index (χ1) is 7.86. The molecule has 1 aromatic rings. The van der Waals surface area contributed by atoms with E-state index in [0.29, 0.717) is 12.0 Å². The molecule has 2 unspecified atom stereocenters. The summed E-state index contributed by atoms with van der Waals surface area (Å²) in [5.41, 5.74) is 2.09. The van der Waals surface area contributed by atoms with E-state index >= 15 is 0 Å². The lowest BCUT2D eigenvalue weighted by molar-refractivity contribution is 0.0397. The van der Waals surface area contributed by atoms with Gasteiger partial charge in [0.15, 0.2) is 0 Å². The van der Waals surface area contributed by atoms with Crippen molar-refractivity contribution < 1.29 is 4.84 Å². The maximum Gasteiger partial charge on any atom is 0.136 e. The Hall–Kier alpha value is -1.02. The highest BCUT2D eigenvalue weighted by atomic mass is 35.5. The van der Waals surface area contributed by atoms with E-state index in [1.165, 1.54) is 19.3 Å². The average Bonchev–Trinajstić information content (AvgIpc) is 2.74. The van der Waals surface area contributed by atoms with E-state index in [9.17, 15) is 0 Å². The molecule has 1 aliphatic carbocycles. The highest BCUT2D eigenvalue weighted by molar-refractivity contribution is 6.34. The van der Waals surface area contributed by atoms with Gasteiger partial charge in [0.2, 0.25) is 0 Å². The van der Waals surface area contributed by atoms with Crippen molar-refractivity contribution in [3.05, 3.63) is 34.9 Å². The minimum absolute atomic E-state index is 0.292. The second-order valence-corrected chi connectivity index (χ2v) is 4.90. The van der Waals surface area contributed by atoms with Crippen LogP contribution >= 0.6 is 11.6 Å². The number of rotatable bonds is 1. The standard InChI is InChI=1S/C13H14ClNO/c14-11-7-3-1-5-9(11)13-10-6-2-4-8-12(10)16-15-13/h1,3,5,7,10,12H,2,4,6,8H2. The molecular formula is C13H14ClNO. The van der Waals surface area contributed by atoms with Crippen LogP contribution in [0.1, 0.15) is 31.2 Å². The van der Waals surface area contributed by atoms with Crippen LogP contribution in [0.3, 0.4) is 0 Å². The molecule has 2 nitrogen and oxygen atoms in total. The Kier molecular flexibility index (Phi) is 2.60. The summed E-state index contributed by atoms with van der Waals surface area (Å²) >= 11 is 6.20. The second kappa shape index (κ2) is 4.10. The third-order valence-corrected chi connectivity index (χ3v) is 3.82. The lowest BCUT2D eigenvalue weighted by Crippen LogP contribution is -2.27. The normalized spacial score (nSPS) is 28.2. The SMILES string of the molecule is Clc1ccccc1C1=NOC2CCCCC12. The Morgan fingerprint density at radius 3 is 2.88 bits per heavy atom. The maximum atomic E-state index is 6.20. The molecule has 0 saturated heterocycles. The van der Waals surface area contributed by atoms with Crippen LogP contribution in [0.4, 0.5) is 0 Å². The summed E-state index contributed by atoms with van der Waals surface area (Å²) in [5.74, 6) is 0.452. The molecule has 0 amide bonds. The Balaban J connectivity index is 1.93. The van der Waals surface area contributed by atoms with Crippen molar-refractivity contribution in [2.75, 3.05) is 0 Å². The van der Waals surface area contributed by atoms with Crippen LogP contribution in [0.5, 0.6) is 0 Å². The number of halogens is 1. The van der Waals surface area contributed by atoms with Crippen LogP contribution in [0.2, 0.25) is 5.02 Å². The predicted molar refractivity (Wildman–Crippen MR) is 64.8 cm³/mol. The molecule has 1 saturated carbocycles. The zero-order chi connectivity index (χ0) is 11.0. The number of oxime groups is 1. The molecule has 1 fully saturated rings. The predicted octanol–water partition coefficient (Wildman–Crippen LogP) is 3.63. The van der Waals surface area contributed by atoms with Crippen LogP contribution in [0, 0.1) is 5.92 Å². The summed E-state index contributed by atoms with van der Waals surface area (Å²) in [6.45, 7) is 0. The monoisotopic (exact) mass is 235 g/mol. The second-order valence-electron chi connectivity index (χ2n) is 4.49. The van der Waals surface area contributed by atoms with Gasteiger partial charge in [0.1, 0.15) is 6.10 Å². The third-order valence-electron chi connectivity index (χ3n) is 3.49. The first kappa shape index (κ1) is 10.2. The molecule has 0 bridgehead atoms. The molecule has 0 aromatic heterocycles. The van der Waals surface area contributed by atoms with Crippen molar-refractivity contribution in [2.24, 2.45) is 11.1 Å². The van der Waals surface area contributed by atoms with Crippen molar-refractivity contribution >= 4 is 17.3 Å². The van der Waals surface area contributed by atoms with E-state index in [-0.39, 0.29) is 0 Å². The number of hydrogen-bond donors (Lipinski definition) is 0. The van der Waals surface area contributed by atoms with Crippen LogP contribution in [0.15, 0.2) is 29.4 Å². The molecule has 0 spiro atoms. The van der Waals surface area contributed by atoms with E-state index in [1.807, 2.05) is 24.3 Å². The summed E-state index contributed by atoms with van der Waals surface area (Å²) in [6.07, 6.45) is 5.12. The van der Waals surface area contributed by atoms with Gasteiger partial charge in [0.25, 0.3) is 0 Å². The largest absolute Gasteiger partial charge is 0.392 e. The first-order valence-corrected chi connectivity index (χ1v) is 6.22. The molecule has 1 aromatic carbocycles. The Morgan fingerprint density at radius 2 is 2.00 bits per heavy atom. The van der Waals surface area contributed by atoms with E-state index in [1.54, 1.807) is 0 Å². The van der Waals surface area contributed by atoms with Crippen LogP contribution in [-0.2, 0) is 4.84 Å². The van der Waals surface area contributed by atoms with Gasteiger partial charge in [-0.15, -0.1) is 0 Å². The highest BCUT2D eigenvalue weighted by Crippen LogP contribution is 2.36. The number of nitrogens with zero attached hydrogens (tertiary/aromatic N) is 1. The van der Waals surface area contributed by atoms with Crippen LogP contribution < -0.4 is 0 Å². The third kappa shape index (κ3) is 1.61. The fourth-order valence-electron chi connectivity index (χ4n) is 2.65. The Morgan fingerprint density at radius 1 is 1.19 bits per heavy atom. The molecule has 2 atom stereocenters. The molecule has 1 aliphatic heterocycles. The van der Waals surface area contributed by atoms with Gasteiger partial charge in [-0.2, -0.15) is 0 Å². The molecule has 2 aliphatic rings. The van der Waals surface area contributed by atoms with Gasteiger partial charge in [0, 0.05) is 16.5 Å². The number of benzene rings is 1. The average molecular weight is 236 g/mol. The van der Waals surface area contributed by atoms with Crippen molar-refractivity contribution in [1.82, 2.24) is 0 Å². The van der Waals surface area contributed by atoms with Crippen molar-refractivity contribution in [2.45, 2.75) is 31.8 Å². The van der Waals surface area contributed by atoms with Crippen molar-refractivity contribution in [3.63, 3.8) is 0 Å². The Labute approximate surface area is 100 Å². The molecule has 84 valence electrons. The van der Waals surface area contributed by atoms with Gasteiger partial charge in [-0.05, 0) is 25.3 Å². The van der Waals surface area contributed by atoms with Gasteiger partial charge >= 0.3 is 0 Å². The maximum absolute atomic E-state index is 6.20. The summed E-state index contributed by atoms with van der Waals surface area (Å²) in [5, 5.41) is 5.02. The Bertz CT molecular complexity index is 430. The molecule has 0 radical (unpaired) electrons. The van der Waals surface area contributed by atoms with E-state index in [0.717, 1.165) is 22.7 Å². The highest BCUT2D eigenvalue weighted by Gasteiger charge is 2.37. The van der Waals surface area contributed by atoms with E-state index < -0.39 is 0 Å². The summed E-state index contributed by atoms with van der Waals surface area (Å²) < 4.78 is 0. The first-order valence-electron chi connectivity index (χ1n) is 5.85. The number of hydrogen-bond acceptors (Lipinski definition) is 2. The molecule has 3 heteroatoms. The molecule has 0 N–H and O–H groups in total. The van der Waals surface area contributed by atoms with E-state index in [2.05, 4.69) is 5.16 Å². The molecule has 3 rings (SSSR count). The van der Waals surface area contributed by atoms with Gasteiger partial charge in [-0.1, -0.05) is 41.4 Å². The minimum Gasteiger partial charge on any atom is -0.392 e. The lowest BCUT2D eigenvalue weighted by atomic mass is 9.82. The summed E-state index contributed by atoms with van der Waals surface area (Å²) in [7, 11) is 0. The quantitative estimate of drug-likeness (QED) is 0.728. The molecular weight excluding hydrogens is 222 g/mol. The summed E-state index contributed by atoms with van der Waals surface area (Å²) in [6, 6.07) is 7.89. The fourth-order valence-corrected chi connectivity index (χ4v) is 2.88. The van der Waals surface area contributed by atoms with Gasteiger partial charge < -0.3 is 4.84 Å². The minimum atomic E-state index is 0.292.